The van der Waals surface area contributed by atoms with Gasteiger partial charge in [0.05, 0.1) is 11.1 Å². The predicted molar refractivity (Wildman–Crippen MR) is 80.6 cm³/mol. The summed E-state index contributed by atoms with van der Waals surface area (Å²) in [6.07, 6.45) is 3.27. The summed E-state index contributed by atoms with van der Waals surface area (Å²) in [4.78, 5) is 25.3. The van der Waals surface area contributed by atoms with Crippen molar-refractivity contribution in [1.82, 2.24) is 0 Å². The fourth-order valence-electron chi connectivity index (χ4n) is 2.55. The predicted octanol–water partition coefficient (Wildman–Crippen LogP) is 2.37. The molecule has 1 aliphatic heterocycles. The van der Waals surface area contributed by atoms with Crippen molar-refractivity contribution in [2.75, 3.05) is 13.9 Å². The summed E-state index contributed by atoms with van der Waals surface area (Å²) >= 11 is 0. The van der Waals surface area contributed by atoms with Gasteiger partial charge in [0, 0.05) is 18.7 Å². The van der Waals surface area contributed by atoms with Crippen molar-refractivity contribution in [3.8, 4) is 11.5 Å². The molecule has 0 bridgehead atoms. The van der Waals surface area contributed by atoms with Gasteiger partial charge in [-0.15, -0.1) is 0 Å². The number of hydrogen-bond donors (Lipinski definition) is 1. The zero-order valence-corrected chi connectivity index (χ0v) is 13.0. The number of phenols is 1. The average molecular weight is 316 g/mol. The summed E-state index contributed by atoms with van der Waals surface area (Å²) in [6, 6.07) is 2.69. The summed E-state index contributed by atoms with van der Waals surface area (Å²) in [5.41, 5.74) is -0.501. The van der Waals surface area contributed by atoms with Crippen LogP contribution in [0, 0.1) is 0 Å². The molecule has 1 aromatic carbocycles. The third kappa shape index (κ3) is 2.51. The molecule has 1 heterocycles. The van der Waals surface area contributed by atoms with Gasteiger partial charge in [-0.25, -0.2) is 0 Å². The Bertz CT molecular complexity index is 770. The highest BCUT2D eigenvalue weighted by Crippen LogP contribution is 2.39. The van der Waals surface area contributed by atoms with Crippen LogP contribution >= 0.6 is 0 Å². The summed E-state index contributed by atoms with van der Waals surface area (Å²) < 4.78 is 15.7. The third-order valence-electron chi connectivity index (χ3n) is 3.62. The summed E-state index contributed by atoms with van der Waals surface area (Å²) in [5.74, 6) is -0.976. The van der Waals surface area contributed by atoms with Crippen molar-refractivity contribution in [2.24, 2.45) is 0 Å². The van der Waals surface area contributed by atoms with Crippen molar-refractivity contribution in [1.29, 1.82) is 0 Å². The number of allylic oxidation sites excluding steroid dienone is 3. The van der Waals surface area contributed by atoms with Gasteiger partial charge in [0.1, 0.15) is 17.1 Å². The molecule has 0 fully saturated rings. The van der Waals surface area contributed by atoms with E-state index >= 15 is 0 Å². The maximum Gasteiger partial charge on any atom is 0.229 e. The molecule has 6 heteroatoms. The lowest BCUT2D eigenvalue weighted by atomic mass is 9.85. The highest BCUT2D eigenvalue weighted by atomic mass is 16.7. The first-order valence-corrected chi connectivity index (χ1v) is 7.05. The lowest BCUT2D eigenvalue weighted by Crippen LogP contribution is -2.32. The molecule has 0 radical (unpaired) electrons. The Labute approximate surface area is 133 Å². The monoisotopic (exact) mass is 316 g/mol. The smallest absolute Gasteiger partial charge is 0.229 e. The van der Waals surface area contributed by atoms with Gasteiger partial charge in [-0.3, -0.25) is 9.59 Å². The highest BCUT2D eigenvalue weighted by Gasteiger charge is 2.39. The van der Waals surface area contributed by atoms with E-state index in [0.29, 0.717) is 0 Å². The van der Waals surface area contributed by atoms with Crippen LogP contribution in [0.4, 0.5) is 0 Å². The van der Waals surface area contributed by atoms with E-state index in [2.05, 4.69) is 0 Å². The second kappa shape index (κ2) is 5.24. The van der Waals surface area contributed by atoms with Crippen LogP contribution in [0.3, 0.4) is 0 Å². The van der Waals surface area contributed by atoms with Crippen LogP contribution in [-0.2, 0) is 9.47 Å². The molecule has 2 aliphatic rings. The maximum absolute atomic E-state index is 12.7. The van der Waals surface area contributed by atoms with E-state index in [1.165, 1.54) is 19.2 Å². The molecule has 1 N–H and O–H groups in total. The van der Waals surface area contributed by atoms with E-state index in [9.17, 15) is 14.7 Å². The number of ketones is 2. The first-order valence-electron chi connectivity index (χ1n) is 7.05. The quantitative estimate of drug-likeness (QED) is 0.862. The molecule has 0 spiro atoms. The number of aromatic hydroxyl groups is 1. The number of phenolic OH excluding ortho intramolecular Hbond substituents is 1. The fraction of sp³-hybridized carbons (Fsp3) is 0.294. The second-order valence-electron chi connectivity index (χ2n) is 5.86. The van der Waals surface area contributed by atoms with Crippen molar-refractivity contribution < 1.29 is 28.9 Å². The van der Waals surface area contributed by atoms with Crippen LogP contribution in [-0.4, -0.2) is 36.2 Å². The molecule has 0 aromatic heterocycles. The first-order chi connectivity index (χ1) is 10.8. The number of carbonyl (C=O) groups excluding carboxylic acids is 2. The van der Waals surface area contributed by atoms with E-state index in [1.807, 2.05) is 0 Å². The SMILES string of the molecule is COCOc1cc(O)c2c(c1)C(=O)C1=C(C=CC(C)(C)O1)C2=O. The van der Waals surface area contributed by atoms with Crippen molar-refractivity contribution in [3.63, 3.8) is 0 Å². The van der Waals surface area contributed by atoms with Gasteiger partial charge in [-0.05, 0) is 32.1 Å². The van der Waals surface area contributed by atoms with E-state index in [0.717, 1.165) is 0 Å². The van der Waals surface area contributed by atoms with Gasteiger partial charge in [-0.2, -0.15) is 0 Å². The van der Waals surface area contributed by atoms with Crippen LogP contribution in [0.25, 0.3) is 0 Å². The molecule has 0 amide bonds. The molecular formula is C17H16O6. The second-order valence-corrected chi connectivity index (χ2v) is 5.86. The molecule has 3 rings (SSSR count). The maximum atomic E-state index is 12.7. The number of ether oxygens (including phenoxy) is 3. The van der Waals surface area contributed by atoms with Gasteiger partial charge in [0.2, 0.25) is 11.6 Å². The largest absolute Gasteiger partial charge is 0.507 e. The minimum Gasteiger partial charge on any atom is -0.507 e. The van der Waals surface area contributed by atoms with Crippen molar-refractivity contribution >= 4 is 11.6 Å². The van der Waals surface area contributed by atoms with E-state index in [1.54, 1.807) is 26.0 Å². The lowest BCUT2D eigenvalue weighted by molar-refractivity contribution is 0.0501. The normalized spacial score (nSPS) is 18.4. The Hall–Kier alpha value is -2.60. The van der Waals surface area contributed by atoms with Crippen LogP contribution in [0.5, 0.6) is 11.5 Å². The number of carbonyl (C=O) groups is 2. The third-order valence-corrected chi connectivity index (χ3v) is 3.62. The Morgan fingerprint density at radius 2 is 1.96 bits per heavy atom. The first kappa shape index (κ1) is 15.3. The summed E-state index contributed by atoms with van der Waals surface area (Å²) in [6.45, 7) is 3.53. The van der Waals surface area contributed by atoms with Gasteiger partial charge in [-0.1, -0.05) is 0 Å². The Balaban J connectivity index is 2.10. The molecule has 6 nitrogen and oxygen atoms in total. The molecule has 0 saturated carbocycles. The van der Waals surface area contributed by atoms with Gasteiger partial charge >= 0.3 is 0 Å². The van der Waals surface area contributed by atoms with Crippen LogP contribution in [0.15, 0.2) is 35.6 Å². The van der Waals surface area contributed by atoms with Gasteiger partial charge in [0.25, 0.3) is 0 Å². The minimum atomic E-state index is -0.682. The zero-order chi connectivity index (χ0) is 16.8. The average Bonchev–Trinajstić information content (AvgIpc) is 2.49. The zero-order valence-electron chi connectivity index (χ0n) is 13.0. The molecule has 1 aromatic rings. The number of rotatable bonds is 3. The number of hydrogen-bond acceptors (Lipinski definition) is 6. The molecule has 120 valence electrons. The number of Topliss-reactive ketones (excluding diaryl/α,β-unsaturated/α-hetero) is 2. The highest BCUT2D eigenvalue weighted by molar-refractivity contribution is 6.28. The van der Waals surface area contributed by atoms with E-state index < -0.39 is 17.2 Å². The van der Waals surface area contributed by atoms with Gasteiger partial charge < -0.3 is 19.3 Å². The Kier molecular flexibility index (Phi) is 3.49. The van der Waals surface area contributed by atoms with Crippen LogP contribution < -0.4 is 4.74 Å². The Morgan fingerprint density at radius 3 is 2.65 bits per heavy atom. The number of fused-ring (bicyclic) bond motifs is 1. The Morgan fingerprint density at radius 1 is 1.22 bits per heavy atom. The van der Waals surface area contributed by atoms with E-state index in [-0.39, 0.29) is 40.8 Å². The molecule has 23 heavy (non-hydrogen) atoms. The molecule has 0 atom stereocenters. The van der Waals surface area contributed by atoms with Gasteiger partial charge in [0.15, 0.2) is 12.6 Å². The fourth-order valence-corrected chi connectivity index (χ4v) is 2.55. The molecule has 0 unspecified atom stereocenters. The molecule has 1 aliphatic carbocycles. The van der Waals surface area contributed by atoms with Crippen molar-refractivity contribution in [2.45, 2.75) is 19.4 Å². The number of benzene rings is 1. The lowest BCUT2D eigenvalue weighted by Gasteiger charge is -2.31. The van der Waals surface area contributed by atoms with Crippen LogP contribution in [0.2, 0.25) is 0 Å². The minimum absolute atomic E-state index is 0.00158. The number of methoxy groups -OCH3 is 1. The van der Waals surface area contributed by atoms with E-state index in [4.69, 9.17) is 14.2 Å². The molecular weight excluding hydrogens is 300 g/mol. The summed E-state index contributed by atoms with van der Waals surface area (Å²) in [5, 5.41) is 10.1. The standard InChI is InChI=1S/C17H16O6/c1-17(2)5-4-10-14(19)13-11(15(20)16(10)23-17)6-9(7-12(13)18)22-8-21-3/h4-7,18H,8H2,1-3H3. The topological polar surface area (TPSA) is 82.1 Å². The van der Waals surface area contributed by atoms with Crippen LogP contribution in [0.1, 0.15) is 34.6 Å². The molecule has 0 saturated heterocycles. The van der Waals surface area contributed by atoms with Crippen molar-refractivity contribution in [3.05, 3.63) is 46.7 Å². The summed E-state index contributed by atoms with van der Waals surface area (Å²) in [7, 11) is 1.45.